The number of likely N-dealkylation sites (N-methyl/N-ethyl adjacent to an activating group) is 2. The first-order valence-corrected chi connectivity index (χ1v) is 13.8. The molecule has 1 aromatic heterocycles. The number of hydrogen-bond acceptors (Lipinski definition) is 6. The number of amides is 1. The van der Waals surface area contributed by atoms with Crippen molar-refractivity contribution in [2.24, 2.45) is 0 Å². The minimum atomic E-state index is -4.05. The largest absolute Gasteiger partial charge is 0.383 e. The number of carbonyl (C=O) groups excluding carboxylic acids is 1. The molecule has 198 valence electrons. The van der Waals surface area contributed by atoms with E-state index in [0.29, 0.717) is 37.5 Å². The topological polar surface area (TPSA) is 83.1 Å². The molecule has 0 spiro atoms. The van der Waals surface area contributed by atoms with E-state index in [1.807, 2.05) is 18.7 Å². The fourth-order valence-electron chi connectivity index (χ4n) is 5.17. The van der Waals surface area contributed by atoms with Crippen LogP contribution in [-0.4, -0.2) is 86.4 Å². The molecule has 3 rings (SSSR count). The number of pyridine rings is 1. The number of aryl methyl sites for hydroxylation is 1. The summed E-state index contributed by atoms with van der Waals surface area (Å²) in [4.78, 5) is 21.4. The Morgan fingerprint density at radius 2 is 1.94 bits per heavy atom. The zero-order valence-electron chi connectivity index (χ0n) is 21.3. The fraction of sp³-hybridized carbons (Fsp3) is 0.750. The summed E-state index contributed by atoms with van der Waals surface area (Å²) in [6, 6.07) is 1.94. The molecule has 2 aliphatic rings. The molecule has 0 radical (unpaired) electrons. The highest BCUT2D eigenvalue weighted by Gasteiger charge is 2.44. The van der Waals surface area contributed by atoms with Gasteiger partial charge in [0.15, 0.2) is 0 Å². The second-order valence-electron chi connectivity index (χ2n) is 9.67. The highest BCUT2D eigenvalue weighted by atomic mass is 32.2. The number of anilines is 1. The van der Waals surface area contributed by atoms with Crippen LogP contribution in [0.2, 0.25) is 0 Å². The van der Waals surface area contributed by atoms with Crippen LogP contribution in [0.4, 0.5) is 14.6 Å². The second kappa shape index (κ2) is 11.0. The number of alkyl halides is 2. The lowest BCUT2D eigenvalue weighted by atomic mass is 9.91. The second-order valence-corrected chi connectivity index (χ2v) is 11.5. The number of halogens is 2. The first-order valence-electron chi connectivity index (χ1n) is 12.3. The van der Waals surface area contributed by atoms with E-state index in [2.05, 4.69) is 4.98 Å². The van der Waals surface area contributed by atoms with Gasteiger partial charge in [-0.1, -0.05) is 0 Å². The van der Waals surface area contributed by atoms with Gasteiger partial charge >= 0.3 is 0 Å². The van der Waals surface area contributed by atoms with Gasteiger partial charge in [0.2, 0.25) is 21.9 Å². The number of nitrogens with zero attached hydrogens (tertiary/aromatic N) is 4. The first kappa shape index (κ1) is 27.7. The molecule has 2 heterocycles. The average Bonchev–Trinajstić information content (AvgIpc) is 3.30. The Hall–Kier alpha value is -1.85. The van der Waals surface area contributed by atoms with Crippen LogP contribution < -0.4 is 4.90 Å². The Labute approximate surface area is 207 Å². The van der Waals surface area contributed by atoms with Crippen LogP contribution >= 0.6 is 0 Å². The van der Waals surface area contributed by atoms with Crippen molar-refractivity contribution in [2.75, 3.05) is 38.8 Å². The minimum absolute atomic E-state index is 0.0626. The Morgan fingerprint density at radius 3 is 2.54 bits per heavy atom. The average molecular weight is 517 g/mol. The van der Waals surface area contributed by atoms with E-state index in [0.717, 1.165) is 0 Å². The summed E-state index contributed by atoms with van der Waals surface area (Å²) < 4.78 is 61.6. The number of rotatable bonds is 9. The van der Waals surface area contributed by atoms with Crippen LogP contribution in [-0.2, 0) is 19.6 Å². The minimum Gasteiger partial charge on any atom is -0.383 e. The smallest absolute Gasteiger partial charge is 0.248 e. The van der Waals surface area contributed by atoms with Gasteiger partial charge in [0, 0.05) is 51.8 Å². The molecule has 1 saturated carbocycles. The van der Waals surface area contributed by atoms with E-state index >= 15 is 0 Å². The first-order chi connectivity index (χ1) is 16.4. The molecule has 2 fully saturated rings. The van der Waals surface area contributed by atoms with Gasteiger partial charge < -0.3 is 14.5 Å². The van der Waals surface area contributed by atoms with E-state index in [-0.39, 0.29) is 55.1 Å². The van der Waals surface area contributed by atoms with Crippen LogP contribution in [0.5, 0.6) is 0 Å². The fourth-order valence-corrected chi connectivity index (χ4v) is 6.95. The molecule has 0 bridgehead atoms. The van der Waals surface area contributed by atoms with Crippen LogP contribution in [0.15, 0.2) is 17.0 Å². The van der Waals surface area contributed by atoms with E-state index in [1.165, 1.54) is 9.21 Å². The van der Waals surface area contributed by atoms with Crippen LogP contribution in [0, 0.1) is 6.92 Å². The quantitative estimate of drug-likeness (QED) is 0.500. The summed E-state index contributed by atoms with van der Waals surface area (Å²) in [5.74, 6) is -2.68. The normalized spacial score (nSPS) is 22.2. The number of aromatic nitrogens is 1. The molecular formula is C24H38F2N4O4S. The van der Waals surface area contributed by atoms with Gasteiger partial charge in [-0.2, -0.15) is 4.31 Å². The maximum absolute atomic E-state index is 13.9. The lowest BCUT2D eigenvalue weighted by Crippen LogP contribution is -2.51. The number of methoxy groups -OCH3 is 1. The van der Waals surface area contributed by atoms with E-state index < -0.39 is 22.0 Å². The van der Waals surface area contributed by atoms with E-state index in [9.17, 15) is 22.0 Å². The molecule has 1 aliphatic carbocycles. The number of hydrogen-bond donors (Lipinski definition) is 0. The van der Waals surface area contributed by atoms with Gasteiger partial charge in [0.05, 0.1) is 12.6 Å². The summed E-state index contributed by atoms with van der Waals surface area (Å²) in [5.41, 5.74) is 0.685. The maximum atomic E-state index is 13.9. The van der Waals surface area contributed by atoms with Crippen molar-refractivity contribution in [1.29, 1.82) is 0 Å². The lowest BCUT2D eigenvalue weighted by Gasteiger charge is -2.37. The van der Waals surface area contributed by atoms with Crippen molar-refractivity contribution < 1.29 is 26.7 Å². The Kier molecular flexibility index (Phi) is 8.75. The standard InChI is InChI=1S/C24H38F2N4O4S/c1-6-29(18(3)16-34-5)22-21(10-9-17(2)27-22)35(32,33)30-15-7-8-20(30)23(31)28(4)19-11-13-24(25,26)14-12-19/h9-10,18-20H,6-8,11-16H2,1-5H3/t18-,20+/m1/s1. The Morgan fingerprint density at radius 1 is 1.29 bits per heavy atom. The molecule has 2 atom stereocenters. The van der Waals surface area contributed by atoms with Gasteiger partial charge in [0.25, 0.3) is 0 Å². The summed E-state index contributed by atoms with van der Waals surface area (Å²) in [5, 5.41) is 0. The molecular weight excluding hydrogens is 478 g/mol. The van der Waals surface area contributed by atoms with Gasteiger partial charge in [-0.25, -0.2) is 22.2 Å². The molecule has 1 aromatic rings. The monoisotopic (exact) mass is 516 g/mol. The van der Waals surface area contributed by atoms with Crippen molar-refractivity contribution in [1.82, 2.24) is 14.2 Å². The SMILES string of the molecule is CCN(c1nc(C)ccc1S(=O)(=O)N1CCC[C@H]1C(=O)N(C)C1CCC(F)(F)CC1)[C@H](C)COC. The van der Waals surface area contributed by atoms with Crippen LogP contribution in [0.25, 0.3) is 0 Å². The molecule has 1 saturated heterocycles. The summed E-state index contributed by atoms with van der Waals surface area (Å²) >= 11 is 0. The van der Waals surface area contributed by atoms with Crippen molar-refractivity contribution in [3.05, 3.63) is 17.8 Å². The number of carbonyl (C=O) groups is 1. The Balaban J connectivity index is 1.89. The van der Waals surface area contributed by atoms with Crippen molar-refractivity contribution >= 4 is 21.7 Å². The highest BCUT2D eigenvalue weighted by molar-refractivity contribution is 7.89. The Bertz CT molecular complexity index is 997. The van der Waals surface area contributed by atoms with Crippen molar-refractivity contribution in [3.8, 4) is 0 Å². The summed E-state index contributed by atoms with van der Waals surface area (Å²) in [7, 11) is -0.852. The van der Waals surface area contributed by atoms with Crippen molar-refractivity contribution in [2.45, 2.75) is 88.2 Å². The lowest BCUT2D eigenvalue weighted by molar-refractivity contribution is -0.138. The molecule has 8 nitrogen and oxygen atoms in total. The summed E-state index contributed by atoms with van der Waals surface area (Å²) in [6.07, 6.45) is 0.864. The predicted molar refractivity (Wildman–Crippen MR) is 130 cm³/mol. The molecule has 35 heavy (non-hydrogen) atoms. The number of sulfonamides is 1. The zero-order chi connectivity index (χ0) is 26.0. The molecule has 1 amide bonds. The van der Waals surface area contributed by atoms with Gasteiger partial charge in [-0.15, -0.1) is 0 Å². The third-order valence-corrected chi connectivity index (χ3v) is 9.12. The molecule has 0 aromatic carbocycles. The predicted octanol–water partition coefficient (Wildman–Crippen LogP) is 3.44. The van der Waals surface area contributed by atoms with Crippen LogP contribution in [0.1, 0.15) is 58.1 Å². The van der Waals surface area contributed by atoms with E-state index in [4.69, 9.17) is 4.74 Å². The third-order valence-electron chi connectivity index (χ3n) is 7.19. The van der Waals surface area contributed by atoms with Crippen LogP contribution in [0.3, 0.4) is 0 Å². The zero-order valence-corrected chi connectivity index (χ0v) is 22.2. The molecule has 1 aliphatic heterocycles. The molecule has 0 N–H and O–H groups in total. The van der Waals surface area contributed by atoms with Crippen molar-refractivity contribution in [3.63, 3.8) is 0 Å². The maximum Gasteiger partial charge on any atom is 0.248 e. The third kappa shape index (κ3) is 5.94. The molecule has 0 unspecified atom stereocenters. The summed E-state index contributed by atoms with van der Waals surface area (Å²) in [6.45, 7) is 6.83. The van der Waals surface area contributed by atoms with Gasteiger partial charge in [-0.3, -0.25) is 4.79 Å². The van der Waals surface area contributed by atoms with Gasteiger partial charge in [0.1, 0.15) is 16.8 Å². The molecule has 11 heteroatoms. The van der Waals surface area contributed by atoms with E-state index in [1.54, 1.807) is 33.2 Å². The van der Waals surface area contributed by atoms with Gasteiger partial charge in [-0.05, 0) is 58.6 Å². The highest BCUT2D eigenvalue weighted by Crippen LogP contribution is 2.37. The number of ether oxygens (including phenoxy) is 1.